The van der Waals surface area contributed by atoms with Gasteiger partial charge in [-0.25, -0.2) is 0 Å². The molecule has 2 aromatic heterocycles. The lowest BCUT2D eigenvalue weighted by molar-refractivity contribution is 0.324. The Morgan fingerprint density at radius 2 is 1.06 bits per heavy atom. The van der Waals surface area contributed by atoms with Crippen LogP contribution in [-0.2, 0) is 16.2 Å². The molecule has 9 aromatic rings. The van der Waals surface area contributed by atoms with Gasteiger partial charge in [0.1, 0.15) is 0 Å². The highest BCUT2D eigenvalue weighted by molar-refractivity contribution is 6.27. The fraction of sp³-hybridized carbons (Fsp3) is 0.267. The first kappa shape index (κ1) is 34.9. The Kier molecular flexibility index (Phi) is 6.34. The van der Waals surface area contributed by atoms with Crippen molar-refractivity contribution in [2.24, 2.45) is 0 Å². The van der Waals surface area contributed by atoms with Crippen LogP contribution in [0.2, 0.25) is 0 Å². The Hall–Kier alpha value is -6.68. The summed E-state index contributed by atoms with van der Waals surface area (Å²) in [7, 11) is 0. The molecule has 0 N–H and O–H groups in total. The Bertz CT molecular complexity index is 3630. The van der Waals surface area contributed by atoms with Gasteiger partial charge >= 0.3 is 0 Å². The van der Waals surface area contributed by atoms with Gasteiger partial charge in [-0.1, -0.05) is 131 Å². The van der Waals surface area contributed by atoms with E-state index in [9.17, 15) is 10.5 Å². The fourth-order valence-electron chi connectivity index (χ4n) is 15.7. The van der Waals surface area contributed by atoms with Crippen LogP contribution in [-0.4, -0.2) is 4.40 Å². The third-order valence-corrected chi connectivity index (χ3v) is 17.9. The lowest BCUT2D eigenvalue weighted by Crippen LogP contribution is -2.28. The number of fused-ring (bicyclic) bond motifs is 13. The van der Waals surface area contributed by atoms with Gasteiger partial charge in [0.15, 0.2) is 0 Å². The van der Waals surface area contributed by atoms with E-state index in [0.717, 1.165) is 22.2 Å². The summed E-state index contributed by atoms with van der Waals surface area (Å²) in [5.41, 5.74) is 23.9. The van der Waals surface area contributed by atoms with E-state index in [1.54, 1.807) is 0 Å². The smallest absolute Gasteiger partial charge is 0.0995 e. The first-order valence-electron chi connectivity index (χ1n) is 23.5. The molecule has 300 valence electrons. The molecule has 7 aliphatic carbocycles. The van der Waals surface area contributed by atoms with Crippen LogP contribution < -0.4 is 0 Å². The minimum Gasteiger partial charge on any atom is -0.308 e. The summed E-state index contributed by atoms with van der Waals surface area (Å²) in [4.78, 5) is 0. The lowest BCUT2D eigenvalue weighted by atomic mass is 9.59. The molecular weight excluding hydrogens is 763 g/mol. The van der Waals surface area contributed by atoms with E-state index in [1.807, 2.05) is 0 Å². The van der Waals surface area contributed by atoms with E-state index < -0.39 is 0 Å². The summed E-state index contributed by atoms with van der Waals surface area (Å²) >= 11 is 0. The van der Waals surface area contributed by atoms with Crippen LogP contribution >= 0.6 is 0 Å². The fourth-order valence-corrected chi connectivity index (χ4v) is 15.7. The quantitative estimate of drug-likeness (QED) is 0.166. The van der Waals surface area contributed by atoms with Crippen molar-refractivity contribution in [2.45, 2.75) is 99.7 Å². The highest BCUT2D eigenvalue weighted by Gasteiger charge is 2.56. The van der Waals surface area contributed by atoms with Crippen LogP contribution in [0.15, 0.2) is 115 Å². The number of aromatic nitrogens is 1. The summed E-state index contributed by atoms with van der Waals surface area (Å²) in [6, 6.07) is 49.3. The van der Waals surface area contributed by atoms with Crippen molar-refractivity contribution < 1.29 is 0 Å². The number of nitrogens with zero attached hydrogens (tertiary/aromatic N) is 3. The average Bonchev–Trinajstić information content (AvgIpc) is 4.19. The van der Waals surface area contributed by atoms with Gasteiger partial charge in [-0.3, -0.25) is 0 Å². The van der Waals surface area contributed by atoms with Crippen LogP contribution in [0.25, 0.3) is 60.3 Å². The molecule has 0 unspecified atom stereocenters. The molecule has 2 fully saturated rings. The summed E-state index contributed by atoms with van der Waals surface area (Å²) < 4.78 is 2.53. The van der Waals surface area contributed by atoms with Crippen molar-refractivity contribution in [2.75, 3.05) is 0 Å². The predicted molar refractivity (Wildman–Crippen MR) is 253 cm³/mol. The Labute approximate surface area is 367 Å². The Morgan fingerprint density at radius 3 is 1.71 bits per heavy atom. The monoisotopic (exact) mass is 807 g/mol. The SMILES string of the molecule is CC1(C)c2ccccc2-c2c(-c3cc4c5c6c(c(C#N)cc5n5c7cc(C#N)c8c(c7c(c3)c45)C3(CCCC3)CC83CCCC3)C3c4ccccc4C6c4ccccc43)cccc21. The maximum Gasteiger partial charge on any atom is 0.0995 e. The van der Waals surface area contributed by atoms with Gasteiger partial charge in [0, 0.05) is 38.8 Å². The second-order valence-electron chi connectivity index (χ2n) is 20.9. The number of rotatable bonds is 1. The Morgan fingerprint density at radius 1 is 0.540 bits per heavy atom. The molecule has 0 radical (unpaired) electrons. The normalized spacial score (nSPS) is 21.0. The predicted octanol–water partition coefficient (Wildman–Crippen LogP) is 14.6. The summed E-state index contributed by atoms with van der Waals surface area (Å²) in [6.07, 6.45) is 11.0. The maximum atomic E-state index is 11.3. The molecule has 7 aromatic carbocycles. The number of nitriles is 2. The van der Waals surface area contributed by atoms with Gasteiger partial charge in [-0.15, -0.1) is 0 Å². The van der Waals surface area contributed by atoms with Crippen molar-refractivity contribution >= 4 is 38.1 Å². The van der Waals surface area contributed by atoms with Gasteiger partial charge in [-0.2, -0.15) is 10.5 Å². The molecule has 2 saturated carbocycles. The molecule has 3 nitrogen and oxygen atoms in total. The van der Waals surface area contributed by atoms with Crippen LogP contribution in [0.4, 0.5) is 0 Å². The standard InChI is InChI=1S/C60H45N3/c1-58(2)44-20-8-7-18-41(44)49-36(19-13-21-45(49)58)33-26-42-52-46(28-34(30-61)48-50-37-14-3-5-16-39(37)51(54(48)52)40-17-6-4-15-38(40)50)63-47-29-35(31-62)55-56(53(47)43(27-33)57(42)63)60(24-11-12-25-60)32-59(55)22-9-10-23-59/h3-8,13-21,26-29,50-51H,9-12,22-25,32H2,1-2H3. The number of benzene rings is 7. The molecule has 7 aliphatic rings. The molecule has 2 spiro atoms. The third kappa shape index (κ3) is 3.92. The van der Waals surface area contributed by atoms with Crippen LogP contribution in [0, 0.1) is 22.7 Å². The van der Waals surface area contributed by atoms with Gasteiger partial charge in [0.2, 0.25) is 0 Å². The first-order chi connectivity index (χ1) is 30.9. The minimum atomic E-state index is -0.114. The molecule has 0 saturated heterocycles. The zero-order chi connectivity index (χ0) is 41.7. The maximum absolute atomic E-state index is 11.3. The van der Waals surface area contributed by atoms with Crippen LogP contribution in [0.3, 0.4) is 0 Å². The van der Waals surface area contributed by atoms with E-state index in [0.29, 0.717) is 0 Å². The molecule has 3 heteroatoms. The largest absolute Gasteiger partial charge is 0.308 e. The second kappa shape index (κ2) is 11.5. The molecule has 0 amide bonds. The van der Waals surface area contributed by atoms with Gasteiger partial charge < -0.3 is 4.40 Å². The molecule has 63 heavy (non-hydrogen) atoms. The lowest BCUT2D eigenvalue weighted by Gasteiger charge is -2.43. The van der Waals surface area contributed by atoms with Gasteiger partial charge in [-0.05, 0) is 145 Å². The molecule has 2 bridgehead atoms. The van der Waals surface area contributed by atoms with Crippen molar-refractivity contribution in [1.82, 2.24) is 4.40 Å². The minimum absolute atomic E-state index is 0.00516. The number of hydrogen-bond donors (Lipinski definition) is 0. The first-order valence-corrected chi connectivity index (χ1v) is 23.5. The molecule has 16 rings (SSSR count). The van der Waals surface area contributed by atoms with Crippen molar-refractivity contribution in [3.05, 3.63) is 182 Å². The second-order valence-corrected chi connectivity index (χ2v) is 20.9. The Balaban J connectivity index is 1.16. The van der Waals surface area contributed by atoms with Crippen LogP contribution in [0.1, 0.15) is 150 Å². The molecule has 0 atom stereocenters. The van der Waals surface area contributed by atoms with E-state index in [2.05, 4.69) is 146 Å². The average molecular weight is 808 g/mol. The molecular formula is C60H45N3. The summed E-state index contributed by atoms with van der Waals surface area (Å²) in [6.45, 7) is 4.77. The topological polar surface area (TPSA) is 52.0 Å². The highest BCUT2D eigenvalue weighted by Crippen LogP contribution is 2.66. The van der Waals surface area contributed by atoms with E-state index in [1.165, 1.54) is 163 Å². The number of hydrogen-bond acceptors (Lipinski definition) is 2. The van der Waals surface area contributed by atoms with Crippen molar-refractivity contribution in [3.8, 4) is 34.4 Å². The zero-order valence-corrected chi connectivity index (χ0v) is 35.8. The van der Waals surface area contributed by atoms with Crippen molar-refractivity contribution in [1.29, 1.82) is 10.5 Å². The van der Waals surface area contributed by atoms with Gasteiger partial charge in [0.25, 0.3) is 0 Å². The summed E-state index contributed by atoms with van der Waals surface area (Å²) in [5, 5.41) is 27.8. The highest BCUT2D eigenvalue weighted by atomic mass is 14.9. The zero-order valence-electron chi connectivity index (χ0n) is 35.8. The van der Waals surface area contributed by atoms with E-state index in [4.69, 9.17) is 0 Å². The molecule has 2 heterocycles. The summed E-state index contributed by atoms with van der Waals surface area (Å²) in [5.74, 6) is -0.00674. The van der Waals surface area contributed by atoms with Gasteiger partial charge in [0.05, 0.1) is 39.8 Å². The van der Waals surface area contributed by atoms with Crippen molar-refractivity contribution in [3.63, 3.8) is 0 Å². The molecule has 0 aliphatic heterocycles. The van der Waals surface area contributed by atoms with E-state index in [-0.39, 0.29) is 28.1 Å². The van der Waals surface area contributed by atoms with Crippen LogP contribution in [0.5, 0.6) is 0 Å². The van der Waals surface area contributed by atoms with E-state index >= 15 is 0 Å². The third-order valence-electron chi connectivity index (χ3n) is 17.9.